The molecule has 1 aromatic heterocycles. The second-order valence-electron chi connectivity index (χ2n) is 5.82. The second-order valence-corrected chi connectivity index (χ2v) is 5.82. The molecule has 2 saturated carbocycles. The third kappa shape index (κ3) is 2.07. The Kier molecular flexibility index (Phi) is 2.85. The lowest BCUT2D eigenvalue weighted by Crippen LogP contribution is -2.27. The minimum Gasteiger partial charge on any atom is -0.353 e. The predicted octanol–water partition coefficient (Wildman–Crippen LogP) is 3.20. The summed E-state index contributed by atoms with van der Waals surface area (Å²) in [4.78, 5) is 4.63. The molecule has 0 saturated heterocycles. The maximum atomic E-state index is 4.63. The molecule has 3 atom stereocenters. The smallest absolute Gasteiger partial charge is 0.203 e. The van der Waals surface area contributed by atoms with Crippen molar-refractivity contribution in [2.24, 2.45) is 11.8 Å². The summed E-state index contributed by atoms with van der Waals surface area (Å²) < 4.78 is 2.28. The largest absolute Gasteiger partial charge is 0.353 e. The maximum absolute atomic E-state index is 4.63. The summed E-state index contributed by atoms with van der Waals surface area (Å²) >= 11 is 0. The van der Waals surface area contributed by atoms with Crippen LogP contribution in [0.4, 0.5) is 5.95 Å². The van der Waals surface area contributed by atoms with Gasteiger partial charge in [0.25, 0.3) is 0 Å². The summed E-state index contributed by atoms with van der Waals surface area (Å²) in [6.45, 7) is 5.37. The van der Waals surface area contributed by atoms with Crippen LogP contribution in [0.25, 0.3) is 0 Å². The number of aryl methyl sites for hydroxylation is 2. The van der Waals surface area contributed by atoms with Crippen molar-refractivity contribution in [3.63, 3.8) is 0 Å². The Hall–Kier alpha value is -0.990. The van der Waals surface area contributed by atoms with Crippen LogP contribution in [0.15, 0.2) is 6.20 Å². The van der Waals surface area contributed by atoms with Crippen molar-refractivity contribution in [3.05, 3.63) is 11.9 Å². The Morgan fingerprint density at radius 2 is 2.29 bits per heavy atom. The zero-order chi connectivity index (χ0) is 11.8. The van der Waals surface area contributed by atoms with Crippen molar-refractivity contribution >= 4 is 5.95 Å². The topological polar surface area (TPSA) is 29.9 Å². The van der Waals surface area contributed by atoms with Gasteiger partial charge in [0.05, 0.1) is 5.69 Å². The first-order valence-corrected chi connectivity index (χ1v) is 7.06. The molecule has 2 bridgehead atoms. The van der Waals surface area contributed by atoms with Crippen LogP contribution < -0.4 is 5.32 Å². The molecule has 2 aliphatic rings. The molecule has 94 valence electrons. The highest BCUT2D eigenvalue weighted by Gasteiger charge is 2.39. The lowest BCUT2D eigenvalue weighted by molar-refractivity contribution is 0.436. The molecule has 1 heterocycles. The second kappa shape index (κ2) is 4.35. The number of nitrogens with zero attached hydrogens (tertiary/aromatic N) is 2. The molecule has 2 fully saturated rings. The summed E-state index contributed by atoms with van der Waals surface area (Å²) in [6.07, 6.45) is 9.04. The van der Waals surface area contributed by atoms with Gasteiger partial charge in [0.1, 0.15) is 0 Å². The van der Waals surface area contributed by atoms with E-state index in [-0.39, 0.29) is 0 Å². The number of rotatable bonds is 4. The molecule has 3 unspecified atom stereocenters. The summed E-state index contributed by atoms with van der Waals surface area (Å²) in [5.74, 6) is 3.00. The van der Waals surface area contributed by atoms with Crippen LogP contribution in [0.2, 0.25) is 0 Å². The SMILES string of the molecule is CCCn1cc(C)nc1NC1CC2CCC1C2. The number of hydrogen-bond donors (Lipinski definition) is 1. The molecule has 0 aliphatic heterocycles. The lowest BCUT2D eigenvalue weighted by atomic mass is 9.95. The fourth-order valence-corrected chi connectivity index (χ4v) is 3.66. The highest BCUT2D eigenvalue weighted by Crippen LogP contribution is 2.45. The summed E-state index contributed by atoms with van der Waals surface area (Å²) in [5.41, 5.74) is 1.13. The number of hydrogen-bond acceptors (Lipinski definition) is 2. The first kappa shape index (κ1) is 11.1. The molecule has 1 aromatic rings. The van der Waals surface area contributed by atoms with E-state index in [1.807, 2.05) is 0 Å². The Morgan fingerprint density at radius 3 is 2.94 bits per heavy atom. The van der Waals surface area contributed by atoms with Gasteiger partial charge in [-0.1, -0.05) is 13.3 Å². The fraction of sp³-hybridized carbons (Fsp3) is 0.786. The molecular formula is C14H23N3. The Morgan fingerprint density at radius 1 is 1.41 bits per heavy atom. The van der Waals surface area contributed by atoms with Gasteiger partial charge >= 0.3 is 0 Å². The van der Waals surface area contributed by atoms with E-state index in [0.717, 1.165) is 30.0 Å². The van der Waals surface area contributed by atoms with Gasteiger partial charge in [0.2, 0.25) is 5.95 Å². The highest BCUT2D eigenvalue weighted by molar-refractivity contribution is 5.31. The van der Waals surface area contributed by atoms with Crippen molar-refractivity contribution < 1.29 is 0 Å². The van der Waals surface area contributed by atoms with Crippen LogP contribution >= 0.6 is 0 Å². The highest BCUT2D eigenvalue weighted by atomic mass is 15.2. The molecule has 0 aromatic carbocycles. The summed E-state index contributed by atoms with van der Waals surface area (Å²) in [7, 11) is 0. The molecular weight excluding hydrogens is 210 g/mol. The van der Waals surface area contributed by atoms with Crippen LogP contribution in [0.3, 0.4) is 0 Å². The maximum Gasteiger partial charge on any atom is 0.203 e. The van der Waals surface area contributed by atoms with Gasteiger partial charge in [-0.05, 0) is 44.4 Å². The average Bonchev–Trinajstić information content (AvgIpc) is 2.96. The van der Waals surface area contributed by atoms with Gasteiger partial charge < -0.3 is 9.88 Å². The molecule has 2 aliphatic carbocycles. The first-order chi connectivity index (χ1) is 8.26. The number of aromatic nitrogens is 2. The van der Waals surface area contributed by atoms with Gasteiger partial charge in [-0.15, -0.1) is 0 Å². The Bertz CT molecular complexity index is 396. The van der Waals surface area contributed by atoms with E-state index >= 15 is 0 Å². The van der Waals surface area contributed by atoms with Crippen molar-refractivity contribution in [1.82, 2.24) is 9.55 Å². The van der Waals surface area contributed by atoms with E-state index in [0.29, 0.717) is 6.04 Å². The molecule has 1 N–H and O–H groups in total. The van der Waals surface area contributed by atoms with Gasteiger partial charge in [-0.2, -0.15) is 0 Å². The van der Waals surface area contributed by atoms with E-state index in [1.54, 1.807) is 0 Å². The van der Waals surface area contributed by atoms with Gasteiger partial charge in [0, 0.05) is 18.8 Å². The Balaban J connectivity index is 1.72. The van der Waals surface area contributed by atoms with E-state index in [9.17, 15) is 0 Å². The third-order valence-corrected chi connectivity index (χ3v) is 4.41. The lowest BCUT2D eigenvalue weighted by Gasteiger charge is -2.23. The molecule has 0 amide bonds. The number of nitrogens with one attached hydrogen (secondary N) is 1. The van der Waals surface area contributed by atoms with Crippen LogP contribution in [0.1, 0.15) is 44.7 Å². The summed E-state index contributed by atoms with van der Waals surface area (Å²) in [6, 6.07) is 0.686. The molecule has 17 heavy (non-hydrogen) atoms. The standard InChI is InChI=1S/C14H23N3/c1-3-6-17-9-10(2)15-14(17)16-13-8-11-4-5-12(13)7-11/h9,11-13H,3-8H2,1-2H3,(H,15,16). The first-order valence-electron chi connectivity index (χ1n) is 7.06. The minimum absolute atomic E-state index is 0.686. The van der Waals surface area contributed by atoms with Crippen molar-refractivity contribution in [1.29, 1.82) is 0 Å². The molecule has 3 rings (SSSR count). The van der Waals surface area contributed by atoms with Crippen LogP contribution in [-0.4, -0.2) is 15.6 Å². The van der Waals surface area contributed by atoms with Gasteiger partial charge in [-0.25, -0.2) is 4.98 Å². The van der Waals surface area contributed by atoms with E-state index in [2.05, 4.69) is 34.9 Å². The zero-order valence-electron chi connectivity index (χ0n) is 10.9. The van der Waals surface area contributed by atoms with E-state index < -0.39 is 0 Å². The molecule has 3 heteroatoms. The van der Waals surface area contributed by atoms with Gasteiger partial charge in [0.15, 0.2) is 0 Å². The van der Waals surface area contributed by atoms with Crippen LogP contribution in [0.5, 0.6) is 0 Å². The number of fused-ring (bicyclic) bond motifs is 2. The van der Waals surface area contributed by atoms with Crippen molar-refractivity contribution in [2.75, 3.05) is 5.32 Å². The van der Waals surface area contributed by atoms with Crippen molar-refractivity contribution in [3.8, 4) is 0 Å². The average molecular weight is 233 g/mol. The van der Waals surface area contributed by atoms with Crippen molar-refractivity contribution in [2.45, 2.75) is 58.5 Å². The van der Waals surface area contributed by atoms with E-state index in [1.165, 1.54) is 32.1 Å². The molecule has 0 radical (unpaired) electrons. The van der Waals surface area contributed by atoms with Gasteiger partial charge in [-0.3, -0.25) is 0 Å². The third-order valence-electron chi connectivity index (χ3n) is 4.41. The Labute approximate surface area is 104 Å². The van der Waals surface area contributed by atoms with Crippen LogP contribution in [0, 0.1) is 18.8 Å². The van der Waals surface area contributed by atoms with E-state index in [4.69, 9.17) is 0 Å². The van der Waals surface area contributed by atoms with Crippen LogP contribution in [-0.2, 0) is 6.54 Å². The normalized spacial score (nSPS) is 31.1. The fourth-order valence-electron chi connectivity index (χ4n) is 3.66. The quantitative estimate of drug-likeness (QED) is 0.865. The molecule has 0 spiro atoms. The number of imidazole rings is 1. The minimum atomic E-state index is 0.686. The zero-order valence-corrected chi connectivity index (χ0v) is 10.9. The number of anilines is 1. The predicted molar refractivity (Wildman–Crippen MR) is 70.1 cm³/mol. The molecule has 3 nitrogen and oxygen atoms in total. The monoisotopic (exact) mass is 233 g/mol. The summed E-state index contributed by atoms with van der Waals surface area (Å²) in [5, 5.41) is 3.70.